The minimum absolute atomic E-state index is 0.0129. The van der Waals surface area contributed by atoms with Crippen molar-refractivity contribution in [2.45, 2.75) is 71.6 Å². The van der Waals surface area contributed by atoms with Crippen LogP contribution in [0.1, 0.15) is 62.8 Å². The van der Waals surface area contributed by atoms with Crippen LogP contribution in [-0.2, 0) is 33.8 Å². The van der Waals surface area contributed by atoms with Crippen molar-refractivity contribution in [1.29, 1.82) is 0 Å². The van der Waals surface area contributed by atoms with Crippen LogP contribution in [0.5, 0.6) is 5.75 Å². The highest BCUT2D eigenvalue weighted by Crippen LogP contribution is 2.53. The number of phenols is 1. The Balaban J connectivity index is 1.90. The first kappa shape index (κ1) is 29.8. The molecule has 3 aliphatic rings. The van der Waals surface area contributed by atoms with Crippen molar-refractivity contribution in [2.75, 3.05) is 20.6 Å². The standard InChI is InChI=1S/C30H41N3O7/c1-7-8-14-9-16(12-32-13-29(2,3)4)23(34)20-17(14)10-15-11-18-22(33(5)6)25(36)21(28(31)39)27(38)30(18,40)26(37)19(15)24(20)35/h9,15,18,22,32,34-35,38,40H,7-8,10-13H2,1-6H3,(H2,31,39). The smallest absolute Gasteiger partial charge is 0.255 e. The molecular weight excluding hydrogens is 514 g/mol. The number of amides is 1. The van der Waals surface area contributed by atoms with Crippen LogP contribution in [0.15, 0.2) is 23.0 Å². The van der Waals surface area contributed by atoms with Crippen molar-refractivity contribution in [3.8, 4) is 5.75 Å². The third-order valence-electron chi connectivity index (χ3n) is 8.38. The number of ketones is 2. The van der Waals surface area contributed by atoms with Gasteiger partial charge in [0, 0.05) is 30.1 Å². The number of phenolic OH excluding ortho intramolecular Hbond substituents is 1. The van der Waals surface area contributed by atoms with Gasteiger partial charge in [-0.05, 0) is 55.8 Å². The Hall–Kier alpha value is -3.21. The number of likely N-dealkylation sites (N-methyl/N-ethyl adjacent to an activating group) is 1. The number of hydrogen-bond acceptors (Lipinski definition) is 9. The average Bonchev–Trinajstić information content (AvgIpc) is 2.83. The molecule has 0 aromatic heterocycles. The van der Waals surface area contributed by atoms with E-state index >= 15 is 0 Å². The lowest BCUT2D eigenvalue weighted by Crippen LogP contribution is -2.65. The molecular formula is C30H41N3O7. The van der Waals surface area contributed by atoms with E-state index in [2.05, 4.69) is 26.1 Å². The molecule has 10 heteroatoms. The Labute approximate surface area is 234 Å². The van der Waals surface area contributed by atoms with Crippen LogP contribution in [0, 0.1) is 17.3 Å². The Morgan fingerprint density at radius 3 is 2.38 bits per heavy atom. The fourth-order valence-corrected chi connectivity index (χ4v) is 6.65. The van der Waals surface area contributed by atoms with E-state index in [4.69, 9.17) is 5.73 Å². The average molecular weight is 556 g/mol. The van der Waals surface area contributed by atoms with E-state index in [1.807, 2.05) is 13.0 Å². The number of rotatable bonds is 7. The number of aliphatic hydroxyl groups is 3. The quantitative estimate of drug-likeness (QED) is 0.275. The number of aromatic hydroxyl groups is 1. The molecule has 0 radical (unpaired) electrons. The maximum atomic E-state index is 14.0. The monoisotopic (exact) mass is 555 g/mol. The summed E-state index contributed by atoms with van der Waals surface area (Å²) >= 11 is 0. The Morgan fingerprint density at radius 1 is 1.18 bits per heavy atom. The van der Waals surface area contributed by atoms with Gasteiger partial charge in [-0.25, -0.2) is 0 Å². The number of nitrogens with zero attached hydrogens (tertiary/aromatic N) is 1. The van der Waals surface area contributed by atoms with E-state index in [0.717, 1.165) is 17.5 Å². The lowest BCUT2D eigenvalue weighted by atomic mass is 9.57. The highest BCUT2D eigenvalue weighted by atomic mass is 16.3. The number of Topliss-reactive ketones (excluding diaryl/α,β-unsaturated/α-hetero) is 2. The van der Waals surface area contributed by atoms with Gasteiger partial charge in [-0.1, -0.05) is 40.2 Å². The highest BCUT2D eigenvalue weighted by Gasteiger charge is 2.64. The van der Waals surface area contributed by atoms with Gasteiger partial charge in [0.1, 0.15) is 22.8 Å². The van der Waals surface area contributed by atoms with Gasteiger partial charge in [0.25, 0.3) is 5.91 Å². The Kier molecular flexibility index (Phi) is 7.68. The molecule has 4 rings (SSSR count). The fraction of sp³-hybridized carbons (Fsp3) is 0.567. The van der Waals surface area contributed by atoms with Crippen molar-refractivity contribution >= 4 is 23.2 Å². The van der Waals surface area contributed by atoms with E-state index in [9.17, 15) is 34.8 Å². The topological polar surface area (TPSA) is 173 Å². The maximum absolute atomic E-state index is 14.0. The number of primary amides is 1. The summed E-state index contributed by atoms with van der Waals surface area (Å²) in [4.78, 5) is 40.9. The zero-order chi connectivity index (χ0) is 29.9. The molecule has 1 saturated carbocycles. The molecule has 10 nitrogen and oxygen atoms in total. The van der Waals surface area contributed by atoms with Crippen LogP contribution >= 0.6 is 0 Å². The summed E-state index contributed by atoms with van der Waals surface area (Å²) in [5, 5.41) is 49.0. The van der Waals surface area contributed by atoms with Gasteiger partial charge in [0.2, 0.25) is 5.78 Å². The van der Waals surface area contributed by atoms with Crippen molar-refractivity contribution in [1.82, 2.24) is 10.2 Å². The number of nitrogens with one attached hydrogen (secondary N) is 1. The zero-order valence-electron chi connectivity index (χ0n) is 24.1. The number of fused-ring (bicyclic) bond motifs is 3. The predicted molar refractivity (Wildman–Crippen MR) is 149 cm³/mol. The molecule has 7 N–H and O–H groups in total. The van der Waals surface area contributed by atoms with Crippen LogP contribution in [0.4, 0.5) is 0 Å². The minimum atomic E-state index is -2.64. The van der Waals surface area contributed by atoms with Crippen molar-refractivity contribution in [3.05, 3.63) is 45.2 Å². The second-order valence-corrected chi connectivity index (χ2v) is 12.8. The summed E-state index contributed by atoms with van der Waals surface area (Å²) in [7, 11) is 3.17. The van der Waals surface area contributed by atoms with E-state index in [0.29, 0.717) is 31.5 Å². The molecule has 1 fully saturated rings. The summed E-state index contributed by atoms with van der Waals surface area (Å²) in [6.07, 6.45) is 1.89. The first-order chi connectivity index (χ1) is 18.6. The minimum Gasteiger partial charge on any atom is -0.508 e. The highest BCUT2D eigenvalue weighted by molar-refractivity contribution is 6.24. The van der Waals surface area contributed by atoms with Crippen LogP contribution in [-0.4, -0.2) is 75.1 Å². The van der Waals surface area contributed by atoms with Crippen LogP contribution in [0.25, 0.3) is 5.76 Å². The third-order valence-corrected chi connectivity index (χ3v) is 8.38. The molecule has 3 aliphatic carbocycles. The first-order valence-electron chi connectivity index (χ1n) is 13.8. The summed E-state index contributed by atoms with van der Waals surface area (Å²) < 4.78 is 0. The molecule has 218 valence electrons. The van der Waals surface area contributed by atoms with Gasteiger partial charge in [-0.15, -0.1) is 0 Å². The van der Waals surface area contributed by atoms with Crippen LogP contribution < -0.4 is 11.1 Å². The molecule has 4 unspecified atom stereocenters. The molecule has 0 spiro atoms. The Bertz CT molecular complexity index is 1340. The normalized spacial score (nSPS) is 26.6. The number of hydrogen-bond donors (Lipinski definition) is 6. The molecule has 4 atom stereocenters. The summed E-state index contributed by atoms with van der Waals surface area (Å²) in [6, 6.07) is 0.838. The Morgan fingerprint density at radius 2 is 1.82 bits per heavy atom. The summed E-state index contributed by atoms with van der Waals surface area (Å²) in [5.41, 5.74) is 4.21. The second kappa shape index (κ2) is 10.3. The summed E-state index contributed by atoms with van der Waals surface area (Å²) in [5.74, 6) is -6.37. The molecule has 0 aliphatic heterocycles. The molecule has 0 heterocycles. The van der Waals surface area contributed by atoms with E-state index in [1.165, 1.54) is 4.90 Å². The van der Waals surface area contributed by atoms with Crippen molar-refractivity contribution < 1.29 is 34.8 Å². The molecule has 1 aromatic carbocycles. The van der Waals surface area contributed by atoms with Gasteiger partial charge >= 0.3 is 0 Å². The number of aliphatic hydroxyl groups excluding tert-OH is 2. The fourth-order valence-electron chi connectivity index (χ4n) is 6.65. The maximum Gasteiger partial charge on any atom is 0.255 e. The summed E-state index contributed by atoms with van der Waals surface area (Å²) in [6.45, 7) is 9.33. The van der Waals surface area contributed by atoms with Crippen molar-refractivity contribution in [2.24, 2.45) is 23.0 Å². The number of benzene rings is 1. The number of aryl methyl sites for hydroxylation is 1. The largest absolute Gasteiger partial charge is 0.508 e. The van der Waals surface area contributed by atoms with E-state index in [1.54, 1.807) is 14.1 Å². The van der Waals surface area contributed by atoms with Crippen molar-refractivity contribution in [3.63, 3.8) is 0 Å². The van der Waals surface area contributed by atoms with Crippen LogP contribution in [0.2, 0.25) is 0 Å². The second-order valence-electron chi connectivity index (χ2n) is 12.8. The molecule has 0 saturated heterocycles. The van der Waals surface area contributed by atoms with E-state index in [-0.39, 0.29) is 28.7 Å². The zero-order valence-corrected chi connectivity index (χ0v) is 24.1. The van der Waals surface area contributed by atoms with Crippen LogP contribution in [0.3, 0.4) is 0 Å². The molecule has 1 amide bonds. The van der Waals surface area contributed by atoms with Gasteiger partial charge in [-0.3, -0.25) is 19.3 Å². The van der Waals surface area contributed by atoms with E-state index < -0.39 is 58.0 Å². The molecule has 0 bridgehead atoms. The van der Waals surface area contributed by atoms with Gasteiger partial charge in [0.05, 0.1) is 11.6 Å². The molecule has 40 heavy (non-hydrogen) atoms. The third kappa shape index (κ3) is 4.61. The molecule has 1 aromatic rings. The lowest BCUT2D eigenvalue weighted by molar-refractivity contribution is -0.153. The number of carbonyl (C=O) groups is 3. The lowest BCUT2D eigenvalue weighted by Gasteiger charge is -2.50. The first-order valence-corrected chi connectivity index (χ1v) is 13.8. The predicted octanol–water partition coefficient (Wildman–Crippen LogP) is 2.05. The van der Waals surface area contributed by atoms with Gasteiger partial charge in [-0.2, -0.15) is 0 Å². The van der Waals surface area contributed by atoms with Gasteiger partial charge < -0.3 is 31.5 Å². The number of nitrogens with two attached hydrogens (primary N) is 1. The SMILES string of the molecule is CCCc1cc(CNCC(C)(C)C)c(O)c2c1CC1CC3C(N(C)C)C(=O)C(C(N)=O)=C(O)C3(O)C(=O)C1=C2O. The number of carbonyl (C=O) groups excluding carboxylic acids is 3. The van der Waals surface area contributed by atoms with Gasteiger partial charge in [0.15, 0.2) is 11.4 Å².